The van der Waals surface area contributed by atoms with Crippen molar-refractivity contribution in [3.05, 3.63) is 63.5 Å². The molecule has 0 unspecified atom stereocenters. The van der Waals surface area contributed by atoms with Crippen molar-refractivity contribution in [1.29, 1.82) is 0 Å². The molecule has 0 aliphatic heterocycles. The number of rotatable bonds is 4. The maximum atomic E-state index is 11.6. The molecule has 2 aliphatic carbocycles. The van der Waals surface area contributed by atoms with E-state index in [0.717, 1.165) is 53.8 Å². The molecule has 1 saturated carbocycles. The van der Waals surface area contributed by atoms with Crippen LogP contribution in [0.25, 0.3) is 0 Å². The normalized spacial score (nSPS) is 22.3. The Morgan fingerprint density at radius 3 is 2.27 bits per heavy atom. The number of hydrogen-bond acceptors (Lipinski definition) is 3. The van der Waals surface area contributed by atoms with E-state index < -0.39 is 12.2 Å². The van der Waals surface area contributed by atoms with E-state index in [2.05, 4.69) is 46.8 Å². The van der Waals surface area contributed by atoms with Gasteiger partial charge in [-0.25, -0.2) is 0 Å². The Kier molecular flexibility index (Phi) is 5.80. The molecule has 2 aliphatic rings. The van der Waals surface area contributed by atoms with Crippen molar-refractivity contribution in [1.82, 2.24) is 4.98 Å². The smallest absolute Gasteiger partial charge is 0.106 e. The maximum absolute atomic E-state index is 11.6. The first kappa shape index (κ1) is 21.5. The fourth-order valence-corrected chi connectivity index (χ4v) is 5.66. The zero-order valence-electron chi connectivity index (χ0n) is 19.2. The molecule has 1 heterocycles. The largest absolute Gasteiger partial charge is 0.388 e. The summed E-state index contributed by atoms with van der Waals surface area (Å²) >= 11 is 0. The van der Waals surface area contributed by atoms with E-state index in [-0.39, 0.29) is 11.3 Å². The van der Waals surface area contributed by atoms with Crippen molar-refractivity contribution < 1.29 is 10.2 Å². The second-order valence-corrected chi connectivity index (χ2v) is 10.7. The summed E-state index contributed by atoms with van der Waals surface area (Å²) in [5.74, 6) is 0.623. The highest BCUT2D eigenvalue weighted by Gasteiger charge is 2.39. The number of aliphatic hydroxyl groups is 2. The molecule has 2 aromatic rings. The van der Waals surface area contributed by atoms with Crippen molar-refractivity contribution in [3.63, 3.8) is 0 Å². The molecule has 30 heavy (non-hydrogen) atoms. The topological polar surface area (TPSA) is 53.4 Å². The van der Waals surface area contributed by atoms with Crippen LogP contribution in [0.3, 0.4) is 0 Å². The molecule has 0 amide bonds. The Hall–Kier alpha value is -1.71. The molecular formula is C27H37NO2. The van der Waals surface area contributed by atoms with Crippen LogP contribution < -0.4 is 0 Å². The molecule has 0 bridgehead atoms. The standard InChI is InChI=1S/C27H37NO2/c1-16(2)25-24(26(30)19-12-10-17(3)11-13-19)22(18-8-6-7-9-18)23-20(28-25)14-27(4,5)15-21(23)29/h10-13,16,18,21,26,29-30H,6-9,14-15H2,1-5H3/t21-,26-/m0/s1. The van der Waals surface area contributed by atoms with Gasteiger partial charge in [0, 0.05) is 22.5 Å². The molecule has 4 rings (SSSR count). The van der Waals surface area contributed by atoms with Crippen molar-refractivity contribution in [2.75, 3.05) is 0 Å². The molecule has 3 heteroatoms. The highest BCUT2D eigenvalue weighted by molar-refractivity contribution is 5.50. The minimum Gasteiger partial charge on any atom is -0.388 e. The maximum Gasteiger partial charge on any atom is 0.106 e. The zero-order chi connectivity index (χ0) is 21.6. The van der Waals surface area contributed by atoms with Gasteiger partial charge in [0.05, 0.1) is 6.10 Å². The average molecular weight is 408 g/mol. The molecule has 1 aromatic heterocycles. The highest BCUT2D eigenvalue weighted by Crippen LogP contribution is 2.50. The lowest BCUT2D eigenvalue weighted by atomic mass is 9.70. The number of aryl methyl sites for hydroxylation is 1. The lowest BCUT2D eigenvalue weighted by molar-refractivity contribution is 0.0960. The van der Waals surface area contributed by atoms with Crippen molar-refractivity contribution >= 4 is 0 Å². The number of fused-ring (bicyclic) bond motifs is 1. The third kappa shape index (κ3) is 3.94. The summed E-state index contributed by atoms with van der Waals surface area (Å²) in [6, 6.07) is 8.18. The third-order valence-corrected chi connectivity index (χ3v) is 7.12. The Balaban J connectivity index is 1.97. The van der Waals surface area contributed by atoms with Crippen LogP contribution in [0.15, 0.2) is 24.3 Å². The van der Waals surface area contributed by atoms with Gasteiger partial charge >= 0.3 is 0 Å². The third-order valence-electron chi connectivity index (χ3n) is 7.12. The minimum atomic E-state index is -0.710. The van der Waals surface area contributed by atoms with Gasteiger partial charge in [-0.1, -0.05) is 70.4 Å². The summed E-state index contributed by atoms with van der Waals surface area (Å²) in [4.78, 5) is 5.13. The van der Waals surface area contributed by atoms with E-state index in [1.165, 1.54) is 24.0 Å². The van der Waals surface area contributed by atoms with Gasteiger partial charge in [-0.05, 0) is 61.0 Å². The number of pyridine rings is 1. The van der Waals surface area contributed by atoms with Gasteiger partial charge in [-0.15, -0.1) is 0 Å². The van der Waals surface area contributed by atoms with Crippen molar-refractivity contribution in [2.45, 2.75) is 97.2 Å². The first-order valence-electron chi connectivity index (χ1n) is 11.7. The van der Waals surface area contributed by atoms with E-state index in [0.29, 0.717) is 5.92 Å². The van der Waals surface area contributed by atoms with Crippen LogP contribution in [0, 0.1) is 12.3 Å². The Bertz CT molecular complexity index is 907. The van der Waals surface area contributed by atoms with Crippen LogP contribution >= 0.6 is 0 Å². The van der Waals surface area contributed by atoms with Crippen LogP contribution in [0.4, 0.5) is 0 Å². The summed E-state index contributed by atoms with van der Waals surface area (Å²) in [5, 5.41) is 22.9. The first-order valence-corrected chi connectivity index (χ1v) is 11.7. The summed E-state index contributed by atoms with van der Waals surface area (Å²) in [6.45, 7) is 10.9. The Morgan fingerprint density at radius 1 is 1.03 bits per heavy atom. The van der Waals surface area contributed by atoms with Crippen LogP contribution in [0.5, 0.6) is 0 Å². The summed E-state index contributed by atoms with van der Waals surface area (Å²) in [5.41, 5.74) is 7.43. The van der Waals surface area contributed by atoms with Crippen molar-refractivity contribution in [3.8, 4) is 0 Å². The van der Waals surface area contributed by atoms with E-state index in [9.17, 15) is 10.2 Å². The van der Waals surface area contributed by atoms with Gasteiger partial charge in [0.2, 0.25) is 0 Å². The first-order chi connectivity index (χ1) is 14.2. The molecule has 0 spiro atoms. The molecule has 162 valence electrons. The van der Waals surface area contributed by atoms with Crippen molar-refractivity contribution in [2.24, 2.45) is 5.41 Å². The van der Waals surface area contributed by atoms with Gasteiger partial charge < -0.3 is 10.2 Å². The highest BCUT2D eigenvalue weighted by atomic mass is 16.3. The van der Waals surface area contributed by atoms with E-state index in [4.69, 9.17) is 4.98 Å². The van der Waals surface area contributed by atoms with Gasteiger partial charge in [0.25, 0.3) is 0 Å². The van der Waals surface area contributed by atoms with Gasteiger partial charge in [0.15, 0.2) is 0 Å². The average Bonchev–Trinajstić information content (AvgIpc) is 3.20. The fourth-order valence-electron chi connectivity index (χ4n) is 5.66. The summed E-state index contributed by atoms with van der Waals surface area (Å²) in [6.07, 6.45) is 5.15. The predicted octanol–water partition coefficient (Wildman–Crippen LogP) is 6.26. The number of aromatic nitrogens is 1. The molecule has 0 radical (unpaired) electrons. The van der Waals surface area contributed by atoms with E-state index in [1.54, 1.807) is 0 Å². The fraction of sp³-hybridized carbons (Fsp3) is 0.593. The Labute approximate surface area is 181 Å². The number of nitrogens with zero attached hydrogens (tertiary/aromatic N) is 1. The second-order valence-electron chi connectivity index (χ2n) is 10.7. The lowest BCUT2D eigenvalue weighted by Gasteiger charge is -2.38. The number of hydrogen-bond donors (Lipinski definition) is 2. The molecule has 2 N–H and O–H groups in total. The summed E-state index contributed by atoms with van der Waals surface area (Å²) in [7, 11) is 0. The minimum absolute atomic E-state index is 0.0394. The predicted molar refractivity (Wildman–Crippen MR) is 122 cm³/mol. The van der Waals surface area contributed by atoms with E-state index in [1.807, 2.05) is 12.1 Å². The monoisotopic (exact) mass is 407 g/mol. The molecule has 3 nitrogen and oxygen atoms in total. The van der Waals surface area contributed by atoms with E-state index >= 15 is 0 Å². The second kappa shape index (κ2) is 8.09. The molecular weight excluding hydrogens is 370 g/mol. The molecule has 1 fully saturated rings. The van der Waals surface area contributed by atoms with Gasteiger partial charge in [-0.3, -0.25) is 4.98 Å². The van der Waals surface area contributed by atoms with Crippen LogP contribution in [-0.4, -0.2) is 15.2 Å². The number of benzene rings is 1. The Morgan fingerprint density at radius 2 is 1.67 bits per heavy atom. The molecule has 0 saturated heterocycles. The van der Waals surface area contributed by atoms with Gasteiger partial charge in [-0.2, -0.15) is 0 Å². The number of aliphatic hydroxyl groups excluding tert-OH is 2. The van der Waals surface area contributed by atoms with Crippen LogP contribution in [0.1, 0.15) is 123 Å². The SMILES string of the molecule is Cc1ccc([C@H](O)c2c(C(C)C)nc3c(c2C2CCCC2)[C@@H](O)CC(C)(C)C3)cc1. The quantitative estimate of drug-likeness (QED) is 0.629. The van der Waals surface area contributed by atoms with Crippen LogP contribution in [0.2, 0.25) is 0 Å². The molecule has 1 aromatic carbocycles. The van der Waals surface area contributed by atoms with Crippen LogP contribution in [-0.2, 0) is 6.42 Å². The zero-order valence-corrected chi connectivity index (χ0v) is 19.2. The lowest BCUT2D eigenvalue weighted by Crippen LogP contribution is -2.30. The molecule has 2 atom stereocenters. The van der Waals surface area contributed by atoms with Gasteiger partial charge in [0.1, 0.15) is 6.10 Å². The summed E-state index contributed by atoms with van der Waals surface area (Å²) < 4.78 is 0.